The van der Waals surface area contributed by atoms with Crippen molar-refractivity contribution >= 4 is 11.8 Å². The summed E-state index contributed by atoms with van der Waals surface area (Å²) in [5.74, 6) is -0.641. The van der Waals surface area contributed by atoms with Crippen molar-refractivity contribution in [1.29, 1.82) is 0 Å². The van der Waals surface area contributed by atoms with E-state index in [1.54, 1.807) is 23.2 Å². The topological polar surface area (TPSA) is 78.7 Å². The van der Waals surface area contributed by atoms with Crippen LogP contribution in [0.1, 0.15) is 39.3 Å². The average molecular weight is 418 g/mol. The van der Waals surface area contributed by atoms with Crippen LogP contribution in [0.15, 0.2) is 71.5 Å². The molecule has 1 aliphatic heterocycles. The summed E-state index contributed by atoms with van der Waals surface area (Å²) in [6.07, 6.45) is 3.16. The van der Waals surface area contributed by atoms with Crippen molar-refractivity contribution in [3.05, 3.63) is 89.6 Å². The molecule has 7 heteroatoms. The number of likely N-dealkylation sites (N-methyl/N-ethyl adjacent to an activating group) is 1. The van der Waals surface area contributed by atoms with Gasteiger partial charge in [-0.2, -0.15) is 0 Å². The highest BCUT2D eigenvalue weighted by Gasteiger charge is 2.35. The molecule has 4 rings (SSSR count). The highest BCUT2D eigenvalue weighted by molar-refractivity contribution is 5.93. The number of nitrogens with one attached hydrogen (secondary N) is 1. The van der Waals surface area contributed by atoms with Gasteiger partial charge >= 0.3 is 0 Å². The minimum absolute atomic E-state index is 0.0396. The molecular formula is C24H26N4O3. The number of furan rings is 1. The minimum atomic E-state index is -0.539. The molecule has 1 aromatic carbocycles. The van der Waals surface area contributed by atoms with Crippen LogP contribution in [0, 0.1) is 0 Å². The van der Waals surface area contributed by atoms with Gasteiger partial charge in [-0.25, -0.2) is 0 Å². The molecule has 1 N–H and O–H groups in total. The SMILES string of the molecule is CN(C)C(CNC(=O)C1CN(C(=O)c2ccco2)Cc2cccnc21)c1ccccc1. The Labute approximate surface area is 181 Å². The van der Waals surface area contributed by atoms with E-state index in [4.69, 9.17) is 4.42 Å². The quantitative estimate of drug-likeness (QED) is 0.666. The number of nitrogens with zero attached hydrogens (tertiary/aromatic N) is 3. The third kappa shape index (κ3) is 4.51. The molecule has 2 amide bonds. The third-order valence-corrected chi connectivity index (χ3v) is 5.63. The molecule has 0 aliphatic carbocycles. The number of amides is 2. The lowest BCUT2D eigenvalue weighted by atomic mass is 9.93. The zero-order valence-electron chi connectivity index (χ0n) is 17.7. The maximum absolute atomic E-state index is 13.2. The zero-order chi connectivity index (χ0) is 21.8. The van der Waals surface area contributed by atoms with Crippen molar-refractivity contribution in [2.24, 2.45) is 0 Å². The number of benzene rings is 1. The fraction of sp³-hybridized carbons (Fsp3) is 0.292. The van der Waals surface area contributed by atoms with Gasteiger partial charge < -0.3 is 19.5 Å². The van der Waals surface area contributed by atoms with E-state index in [0.717, 1.165) is 16.8 Å². The predicted molar refractivity (Wildman–Crippen MR) is 116 cm³/mol. The summed E-state index contributed by atoms with van der Waals surface area (Å²) in [6.45, 7) is 1.12. The summed E-state index contributed by atoms with van der Waals surface area (Å²) in [5, 5.41) is 3.09. The molecule has 31 heavy (non-hydrogen) atoms. The van der Waals surface area contributed by atoms with Gasteiger partial charge in [-0.3, -0.25) is 14.6 Å². The molecule has 2 atom stereocenters. The Morgan fingerprint density at radius 3 is 2.68 bits per heavy atom. The average Bonchev–Trinajstić information content (AvgIpc) is 3.33. The lowest BCUT2D eigenvalue weighted by molar-refractivity contribution is -0.123. The van der Waals surface area contributed by atoms with Crippen LogP contribution in [0.25, 0.3) is 0 Å². The second kappa shape index (κ2) is 9.14. The fourth-order valence-electron chi connectivity index (χ4n) is 3.99. The molecule has 1 aliphatic rings. The van der Waals surface area contributed by atoms with Gasteiger partial charge in [0.25, 0.3) is 5.91 Å². The second-order valence-electron chi connectivity index (χ2n) is 7.90. The van der Waals surface area contributed by atoms with Crippen LogP contribution in [-0.2, 0) is 11.3 Å². The van der Waals surface area contributed by atoms with E-state index in [1.165, 1.54) is 6.26 Å². The van der Waals surface area contributed by atoms with E-state index >= 15 is 0 Å². The fourth-order valence-corrected chi connectivity index (χ4v) is 3.99. The number of rotatable bonds is 6. The monoisotopic (exact) mass is 418 g/mol. The summed E-state index contributed by atoms with van der Waals surface area (Å²) in [5.41, 5.74) is 2.73. The Kier molecular flexibility index (Phi) is 6.13. The molecule has 0 saturated heterocycles. The van der Waals surface area contributed by atoms with E-state index in [-0.39, 0.29) is 30.2 Å². The van der Waals surface area contributed by atoms with Gasteiger partial charge in [0.05, 0.1) is 23.9 Å². The standard InChI is InChI=1S/C24H26N4O3/c1-27(2)20(17-8-4-3-5-9-17)14-26-23(29)19-16-28(24(30)21-11-7-13-31-21)15-18-10-6-12-25-22(18)19/h3-13,19-20H,14-16H2,1-2H3,(H,26,29). The van der Waals surface area contributed by atoms with Crippen LogP contribution in [0.5, 0.6) is 0 Å². The van der Waals surface area contributed by atoms with E-state index < -0.39 is 5.92 Å². The summed E-state index contributed by atoms with van der Waals surface area (Å²) in [7, 11) is 3.98. The van der Waals surface area contributed by atoms with Crippen molar-refractivity contribution in [3.8, 4) is 0 Å². The van der Waals surface area contributed by atoms with E-state index in [1.807, 2.05) is 44.4 Å². The Balaban J connectivity index is 1.52. The van der Waals surface area contributed by atoms with Gasteiger partial charge in [0.1, 0.15) is 0 Å². The maximum atomic E-state index is 13.2. The van der Waals surface area contributed by atoms with Crippen molar-refractivity contribution in [1.82, 2.24) is 20.1 Å². The maximum Gasteiger partial charge on any atom is 0.289 e. The lowest BCUT2D eigenvalue weighted by Gasteiger charge is -2.33. The Hall–Kier alpha value is -3.45. The largest absolute Gasteiger partial charge is 0.459 e. The third-order valence-electron chi connectivity index (χ3n) is 5.63. The normalized spacial score (nSPS) is 16.6. The number of carbonyl (C=O) groups excluding carboxylic acids is 2. The molecule has 0 fully saturated rings. The molecule has 3 heterocycles. The molecule has 0 bridgehead atoms. The molecule has 7 nitrogen and oxygen atoms in total. The summed E-state index contributed by atoms with van der Waals surface area (Å²) >= 11 is 0. The molecule has 160 valence electrons. The van der Waals surface area contributed by atoms with Gasteiger partial charge in [-0.05, 0) is 43.4 Å². The smallest absolute Gasteiger partial charge is 0.289 e. The van der Waals surface area contributed by atoms with Crippen molar-refractivity contribution in [2.45, 2.75) is 18.5 Å². The van der Waals surface area contributed by atoms with Crippen LogP contribution in [0.2, 0.25) is 0 Å². The van der Waals surface area contributed by atoms with Crippen LogP contribution in [0.3, 0.4) is 0 Å². The first-order valence-electron chi connectivity index (χ1n) is 10.3. The van der Waals surface area contributed by atoms with Gasteiger partial charge in [0.15, 0.2) is 5.76 Å². The van der Waals surface area contributed by atoms with Gasteiger partial charge in [-0.1, -0.05) is 36.4 Å². The van der Waals surface area contributed by atoms with E-state index in [0.29, 0.717) is 13.1 Å². The summed E-state index contributed by atoms with van der Waals surface area (Å²) < 4.78 is 5.27. The van der Waals surface area contributed by atoms with E-state index in [2.05, 4.69) is 27.3 Å². The summed E-state index contributed by atoms with van der Waals surface area (Å²) in [4.78, 5) is 34.3. The number of fused-ring (bicyclic) bond motifs is 1. The first-order chi connectivity index (χ1) is 15.0. The number of carbonyl (C=O) groups is 2. The second-order valence-corrected chi connectivity index (χ2v) is 7.90. The van der Waals surface area contributed by atoms with Gasteiger partial charge in [0, 0.05) is 25.8 Å². The zero-order valence-corrected chi connectivity index (χ0v) is 17.7. The molecule has 0 spiro atoms. The Morgan fingerprint density at radius 1 is 1.16 bits per heavy atom. The number of pyridine rings is 1. The van der Waals surface area contributed by atoms with E-state index in [9.17, 15) is 9.59 Å². The summed E-state index contributed by atoms with van der Waals surface area (Å²) in [6, 6.07) is 17.2. The Morgan fingerprint density at radius 2 is 1.97 bits per heavy atom. The van der Waals surface area contributed by atoms with Gasteiger partial charge in [0.2, 0.25) is 5.91 Å². The predicted octanol–water partition coefficient (Wildman–Crippen LogP) is 2.83. The highest BCUT2D eigenvalue weighted by atomic mass is 16.3. The van der Waals surface area contributed by atoms with Crippen LogP contribution >= 0.6 is 0 Å². The number of aromatic nitrogens is 1. The first-order valence-corrected chi connectivity index (χ1v) is 10.3. The van der Waals surface area contributed by atoms with Crippen LogP contribution in [0.4, 0.5) is 0 Å². The highest BCUT2D eigenvalue weighted by Crippen LogP contribution is 2.28. The van der Waals surface area contributed by atoms with Crippen LogP contribution < -0.4 is 5.32 Å². The first kappa shape index (κ1) is 20.8. The molecule has 0 radical (unpaired) electrons. The molecule has 0 saturated carbocycles. The molecular weight excluding hydrogens is 392 g/mol. The van der Waals surface area contributed by atoms with Crippen LogP contribution in [-0.4, -0.2) is 53.8 Å². The van der Waals surface area contributed by atoms with Crippen molar-refractivity contribution in [3.63, 3.8) is 0 Å². The molecule has 2 aromatic heterocycles. The Bertz CT molecular complexity index is 1030. The van der Waals surface area contributed by atoms with Gasteiger partial charge in [-0.15, -0.1) is 0 Å². The number of hydrogen-bond donors (Lipinski definition) is 1. The molecule has 3 aromatic rings. The number of hydrogen-bond acceptors (Lipinski definition) is 5. The van der Waals surface area contributed by atoms with Crippen molar-refractivity contribution in [2.75, 3.05) is 27.2 Å². The lowest BCUT2D eigenvalue weighted by Crippen LogP contribution is -2.45. The van der Waals surface area contributed by atoms with Crippen molar-refractivity contribution < 1.29 is 14.0 Å². The minimum Gasteiger partial charge on any atom is -0.459 e. The molecule has 2 unspecified atom stereocenters.